The molecule has 30 heavy (non-hydrogen) atoms. The van der Waals surface area contributed by atoms with Crippen LogP contribution in [0.25, 0.3) is 0 Å². The first-order chi connectivity index (χ1) is 14.6. The average molecular weight is 401 g/mol. The van der Waals surface area contributed by atoms with E-state index in [-0.39, 0.29) is 10.3 Å². The summed E-state index contributed by atoms with van der Waals surface area (Å²) in [6.45, 7) is 0. The molecule has 5 rings (SSSR count). The summed E-state index contributed by atoms with van der Waals surface area (Å²) in [5, 5.41) is 0. The smallest absolute Gasteiger partial charge is 0.265 e. The maximum atomic E-state index is 14.2. The second-order valence-corrected chi connectivity index (χ2v) is 6.90. The summed E-state index contributed by atoms with van der Waals surface area (Å²) in [4.78, 5) is 9.03. The second-order valence-electron chi connectivity index (χ2n) is 6.90. The lowest BCUT2D eigenvalue weighted by atomic mass is 10.0. The molecule has 0 fully saturated rings. The molecule has 0 saturated carbocycles. The molecular weight excluding hydrogens is 383 g/mol. The number of nitrogens with two attached hydrogens (primary N) is 1. The van der Waals surface area contributed by atoms with E-state index in [2.05, 4.69) is 4.99 Å². The molecule has 2 aliphatic heterocycles. The van der Waals surface area contributed by atoms with Gasteiger partial charge >= 0.3 is 0 Å². The van der Waals surface area contributed by atoms with Crippen LogP contribution in [0.4, 0.5) is 4.39 Å². The molecule has 148 valence electrons. The zero-order chi connectivity index (χ0) is 20.7. The van der Waals surface area contributed by atoms with Crippen LogP contribution in [0.1, 0.15) is 5.56 Å². The van der Waals surface area contributed by atoms with Gasteiger partial charge in [0.15, 0.2) is 11.6 Å². The van der Waals surface area contributed by atoms with E-state index in [4.69, 9.17) is 20.3 Å². The molecule has 2 aromatic rings. The van der Waals surface area contributed by atoms with Crippen LogP contribution in [0.15, 0.2) is 100 Å². The van der Waals surface area contributed by atoms with E-state index in [9.17, 15) is 4.39 Å². The molecule has 0 radical (unpaired) electrons. The van der Waals surface area contributed by atoms with E-state index in [1.165, 1.54) is 13.2 Å². The highest BCUT2D eigenvalue weighted by atomic mass is 19.1. The van der Waals surface area contributed by atoms with Crippen molar-refractivity contribution in [1.82, 2.24) is 0 Å². The molecule has 0 saturated heterocycles. The van der Waals surface area contributed by atoms with Gasteiger partial charge in [-0.25, -0.2) is 4.39 Å². The number of para-hydroxylation sites is 1. The number of aliphatic imine (C=N–C) groups is 2. The van der Waals surface area contributed by atoms with Crippen molar-refractivity contribution in [2.24, 2.45) is 15.8 Å². The largest absolute Gasteiger partial charge is 0.493 e. The lowest BCUT2D eigenvalue weighted by molar-refractivity contribution is -0.750. The van der Waals surface area contributed by atoms with Crippen molar-refractivity contribution in [3.8, 4) is 17.2 Å². The summed E-state index contributed by atoms with van der Waals surface area (Å²) < 4.78 is 25.0. The zero-order valence-electron chi connectivity index (χ0n) is 16.1. The van der Waals surface area contributed by atoms with Gasteiger partial charge in [0.25, 0.3) is 5.84 Å². The van der Waals surface area contributed by atoms with E-state index >= 15 is 0 Å². The molecule has 6 nitrogen and oxygen atoms in total. The summed E-state index contributed by atoms with van der Waals surface area (Å²) in [5.41, 5.74) is 3.45. The van der Waals surface area contributed by atoms with Crippen molar-refractivity contribution < 1.29 is 18.5 Å². The van der Waals surface area contributed by atoms with Crippen molar-refractivity contribution in [3.05, 3.63) is 101 Å². The highest BCUT2D eigenvalue weighted by molar-refractivity contribution is 6.01. The zero-order valence-corrected chi connectivity index (χ0v) is 16.1. The minimum absolute atomic E-state index is 0.0402. The predicted octanol–water partition coefficient (Wildman–Crippen LogP) is 4.34. The van der Waals surface area contributed by atoms with Crippen LogP contribution >= 0.6 is 0 Å². The normalized spacial score (nSPS) is 21.2. The monoisotopic (exact) mass is 401 g/mol. The van der Waals surface area contributed by atoms with Gasteiger partial charge in [-0.15, -0.1) is 4.59 Å². The molecule has 1 unspecified atom stereocenters. The quantitative estimate of drug-likeness (QED) is 0.599. The van der Waals surface area contributed by atoms with Crippen LogP contribution in [0.3, 0.4) is 0 Å². The highest BCUT2D eigenvalue weighted by Crippen LogP contribution is 2.37. The summed E-state index contributed by atoms with van der Waals surface area (Å²) >= 11 is 0. The number of rotatable bonds is 5. The maximum absolute atomic E-state index is 14.2. The van der Waals surface area contributed by atoms with Crippen molar-refractivity contribution in [2.45, 2.75) is 0 Å². The topological polar surface area (TPSA) is 69.2 Å². The van der Waals surface area contributed by atoms with Crippen LogP contribution in [0, 0.1) is 5.82 Å². The molecule has 0 aromatic heterocycles. The van der Waals surface area contributed by atoms with E-state index in [1.807, 2.05) is 30.4 Å². The number of quaternary nitrogens is 1. The molecule has 0 bridgehead atoms. The van der Waals surface area contributed by atoms with Gasteiger partial charge < -0.3 is 9.47 Å². The first-order valence-electron chi connectivity index (χ1n) is 9.32. The lowest BCUT2D eigenvalue weighted by Gasteiger charge is -2.26. The van der Waals surface area contributed by atoms with E-state index in [1.54, 1.807) is 42.9 Å². The van der Waals surface area contributed by atoms with Crippen LogP contribution < -0.4 is 15.3 Å². The highest BCUT2D eigenvalue weighted by Gasteiger charge is 2.44. The van der Waals surface area contributed by atoms with Gasteiger partial charge in [0, 0.05) is 5.57 Å². The lowest BCUT2D eigenvalue weighted by Crippen LogP contribution is -2.53. The molecule has 0 amide bonds. The number of hydrogen-bond acceptors (Lipinski definition) is 5. The molecule has 2 N–H and O–H groups in total. The van der Waals surface area contributed by atoms with E-state index < -0.39 is 5.82 Å². The number of fused-ring (bicyclic) bond motifs is 1. The fourth-order valence-electron chi connectivity index (χ4n) is 3.48. The van der Waals surface area contributed by atoms with E-state index in [0.717, 1.165) is 22.5 Å². The third kappa shape index (κ3) is 2.80. The van der Waals surface area contributed by atoms with E-state index in [0.29, 0.717) is 17.3 Å². The van der Waals surface area contributed by atoms with Gasteiger partial charge in [-0.2, -0.15) is 10.8 Å². The third-order valence-corrected chi connectivity index (χ3v) is 5.10. The first-order valence-corrected chi connectivity index (χ1v) is 9.32. The molecule has 0 spiro atoms. The molecule has 2 heterocycles. The third-order valence-electron chi connectivity index (χ3n) is 5.10. The molecule has 3 aliphatic rings. The Morgan fingerprint density at radius 3 is 2.60 bits per heavy atom. The number of hydrogen-bond donors (Lipinski definition) is 1. The van der Waals surface area contributed by atoms with Gasteiger partial charge in [-0.05, 0) is 36.4 Å². The first kappa shape index (κ1) is 18.2. The Balaban J connectivity index is 1.47. The van der Waals surface area contributed by atoms with Crippen LogP contribution in [0.2, 0.25) is 0 Å². The van der Waals surface area contributed by atoms with Gasteiger partial charge in [0.1, 0.15) is 17.6 Å². The van der Waals surface area contributed by atoms with Crippen LogP contribution in [-0.4, -0.2) is 23.8 Å². The predicted molar refractivity (Wildman–Crippen MR) is 112 cm³/mol. The number of allylic oxidation sites excluding steroid dienone is 4. The van der Waals surface area contributed by atoms with Crippen molar-refractivity contribution in [2.75, 3.05) is 7.11 Å². The Hall–Kier alpha value is -3.81. The van der Waals surface area contributed by atoms with Crippen LogP contribution in [-0.2, 0) is 0 Å². The van der Waals surface area contributed by atoms with Gasteiger partial charge in [0.05, 0.1) is 25.1 Å². The minimum atomic E-state index is -0.497. The molecule has 1 atom stereocenters. The molecular formula is C23H18FN4O2+. The standard InChI is InChI=1S/C23H18FN4O2/c1-29-20-7-3-6-18(24)22(20)30-17-10-8-16(9-11-17)23-27-21(15-4-2-5-15)19-14-26-12-13-28(19,23)25/h2-14H,25H2,1H3/q+1. The van der Waals surface area contributed by atoms with Crippen molar-refractivity contribution in [1.29, 1.82) is 0 Å². The van der Waals surface area contributed by atoms with Gasteiger partial charge in [-0.3, -0.25) is 4.99 Å². The average Bonchev–Trinajstić information content (AvgIpc) is 3.01. The minimum Gasteiger partial charge on any atom is -0.493 e. The number of ether oxygens (including phenoxy) is 2. The second kappa shape index (κ2) is 6.91. The summed E-state index contributed by atoms with van der Waals surface area (Å²) in [6, 6.07) is 11.7. The fourth-order valence-corrected chi connectivity index (χ4v) is 3.48. The number of halogens is 1. The summed E-state index contributed by atoms with van der Waals surface area (Å²) in [7, 11) is 1.47. The van der Waals surface area contributed by atoms with Crippen molar-refractivity contribution >= 4 is 12.1 Å². The Morgan fingerprint density at radius 1 is 1.10 bits per heavy atom. The maximum Gasteiger partial charge on any atom is 0.265 e. The Kier molecular flexibility index (Phi) is 4.20. The number of nitrogens with zero attached hydrogens (tertiary/aromatic N) is 3. The van der Waals surface area contributed by atoms with Crippen molar-refractivity contribution in [3.63, 3.8) is 0 Å². The van der Waals surface area contributed by atoms with Gasteiger partial charge in [-0.1, -0.05) is 24.3 Å². The number of amidine groups is 1. The fraction of sp³-hybridized carbons (Fsp3) is 0.0435. The summed E-state index contributed by atoms with van der Waals surface area (Å²) in [6.07, 6.45) is 11.1. The summed E-state index contributed by atoms with van der Waals surface area (Å²) in [5.74, 6) is 7.69. The molecule has 2 aromatic carbocycles. The number of methoxy groups -OCH3 is 1. The molecule has 1 aliphatic carbocycles. The van der Waals surface area contributed by atoms with Crippen LogP contribution in [0.5, 0.6) is 17.2 Å². The Labute approximate surface area is 172 Å². The Bertz CT molecular complexity index is 1220. The molecule has 7 heteroatoms. The SMILES string of the molecule is COc1cccc(F)c1Oc1ccc(C2=NC(C3=CC=C3)=C3C=NC=C[N+]23N)cc1. The number of benzene rings is 2. The Morgan fingerprint density at radius 2 is 1.90 bits per heavy atom. The van der Waals surface area contributed by atoms with Gasteiger partial charge in [0.2, 0.25) is 11.4 Å².